The molecule has 5 N–H and O–H groups in total. The van der Waals surface area contributed by atoms with Crippen molar-refractivity contribution in [3.05, 3.63) is 33.9 Å². The molecule has 1 heterocycles. The van der Waals surface area contributed by atoms with Crippen LogP contribution in [0.15, 0.2) is 35.2 Å². The number of aromatic nitrogens is 1. The van der Waals surface area contributed by atoms with E-state index in [4.69, 9.17) is 7.85 Å². The van der Waals surface area contributed by atoms with Crippen LogP contribution in [0, 0.1) is 3.57 Å². The highest BCUT2D eigenvalue weighted by Gasteiger charge is 2.21. The Bertz CT molecular complexity index is 1250. The molecule has 134 valence electrons. The van der Waals surface area contributed by atoms with Gasteiger partial charge >= 0.3 is 0 Å². The third-order valence-corrected chi connectivity index (χ3v) is 5.95. The van der Waals surface area contributed by atoms with Crippen molar-refractivity contribution in [3.63, 3.8) is 0 Å². The maximum Gasteiger partial charge on any atom is 0.142 e. The lowest BCUT2D eigenvalue weighted by atomic mass is 9.93. The van der Waals surface area contributed by atoms with E-state index in [2.05, 4.69) is 12.6 Å². The summed E-state index contributed by atoms with van der Waals surface area (Å²) in [5.74, 6) is -0.941. The number of benzene rings is 3. The second-order valence-corrected chi connectivity index (χ2v) is 7.57. The molecule has 0 amide bonds. The zero-order valence-electron chi connectivity index (χ0n) is 13.5. The van der Waals surface area contributed by atoms with Gasteiger partial charge in [0.2, 0.25) is 0 Å². The summed E-state index contributed by atoms with van der Waals surface area (Å²) in [6.45, 7) is 0. The molecule has 0 aliphatic rings. The molecule has 0 aliphatic heterocycles. The van der Waals surface area contributed by atoms with Gasteiger partial charge in [-0.1, -0.05) is 11.5 Å². The smallest absolute Gasteiger partial charge is 0.142 e. The van der Waals surface area contributed by atoms with Crippen LogP contribution in [0.1, 0.15) is 0 Å². The molecule has 4 rings (SSSR count). The first-order chi connectivity index (χ1) is 12.7. The fourth-order valence-corrected chi connectivity index (χ4v) is 3.66. The maximum atomic E-state index is 10.6. The van der Waals surface area contributed by atoms with E-state index in [9.17, 15) is 25.5 Å². The van der Waals surface area contributed by atoms with Gasteiger partial charge in [-0.25, -0.2) is 0 Å². The summed E-state index contributed by atoms with van der Waals surface area (Å²) in [6, 6.07) is 7.16. The molecule has 0 atom stereocenters. The molecule has 0 saturated carbocycles. The zero-order valence-corrected chi connectivity index (χ0v) is 16.5. The van der Waals surface area contributed by atoms with Gasteiger partial charge < -0.3 is 30.1 Å². The summed E-state index contributed by atoms with van der Waals surface area (Å²) in [5, 5.41) is 51.9. The fraction of sp³-hybridized carbons (Fsp3) is 0. The summed E-state index contributed by atoms with van der Waals surface area (Å²) >= 11 is 5.94. The van der Waals surface area contributed by atoms with Crippen LogP contribution < -0.4 is 5.46 Å². The molecular formula is C18H11BINO5S. The van der Waals surface area contributed by atoms with Crippen LogP contribution in [-0.4, -0.2) is 37.9 Å². The molecule has 6 nitrogen and oxygen atoms in total. The monoisotopic (exact) mass is 491 g/mol. The minimum Gasteiger partial charge on any atom is -0.509 e. The number of phenols is 5. The van der Waals surface area contributed by atoms with Crippen molar-refractivity contribution in [1.29, 1.82) is 0 Å². The average Bonchev–Trinajstić information content (AvgIpc) is 2.90. The van der Waals surface area contributed by atoms with Crippen molar-refractivity contribution in [2.75, 3.05) is 0 Å². The SMILES string of the molecule is [B]c1cc2c3c(O)c(S)c(O)cc3n(-c3cc(O)c(I)c(O)c3)c2cc1O. The minimum absolute atomic E-state index is 0.00139. The molecule has 0 saturated heterocycles. The largest absolute Gasteiger partial charge is 0.509 e. The summed E-state index contributed by atoms with van der Waals surface area (Å²) in [7, 11) is 5.82. The Morgan fingerprint density at radius 2 is 1.41 bits per heavy atom. The predicted octanol–water partition coefficient (Wildman–Crippen LogP) is 3.00. The molecule has 0 fully saturated rings. The second-order valence-electron chi connectivity index (χ2n) is 6.05. The van der Waals surface area contributed by atoms with Crippen molar-refractivity contribution >= 4 is 70.3 Å². The lowest BCUT2D eigenvalue weighted by Gasteiger charge is -2.11. The number of thiol groups is 1. The highest BCUT2D eigenvalue weighted by Crippen LogP contribution is 2.45. The van der Waals surface area contributed by atoms with Crippen LogP contribution in [-0.2, 0) is 0 Å². The van der Waals surface area contributed by atoms with E-state index in [0.29, 0.717) is 27.5 Å². The molecule has 0 spiro atoms. The van der Waals surface area contributed by atoms with E-state index >= 15 is 0 Å². The van der Waals surface area contributed by atoms with Gasteiger partial charge in [-0.05, 0) is 22.6 Å². The molecule has 9 heteroatoms. The molecular weight excluding hydrogens is 480 g/mol. The molecule has 0 bridgehead atoms. The van der Waals surface area contributed by atoms with Gasteiger partial charge in [0.25, 0.3) is 0 Å². The second kappa shape index (κ2) is 6.06. The summed E-state index contributed by atoms with van der Waals surface area (Å²) in [5.41, 5.74) is 1.30. The van der Waals surface area contributed by atoms with E-state index in [0.717, 1.165) is 0 Å². The van der Waals surface area contributed by atoms with Crippen LogP contribution >= 0.6 is 35.2 Å². The number of phenolic OH excluding ortho intramolecular Hbond substituents is 5. The Balaban J connectivity index is 2.27. The number of nitrogens with zero attached hydrogens (tertiary/aromatic N) is 1. The maximum absolute atomic E-state index is 10.6. The summed E-state index contributed by atoms with van der Waals surface area (Å²) < 4.78 is 1.86. The van der Waals surface area contributed by atoms with Crippen molar-refractivity contribution in [3.8, 4) is 34.4 Å². The Kier molecular flexibility index (Phi) is 4.04. The number of rotatable bonds is 1. The first kappa shape index (κ1) is 18.0. The molecule has 1 aromatic heterocycles. The summed E-state index contributed by atoms with van der Waals surface area (Å²) in [4.78, 5) is 0.00139. The quantitative estimate of drug-likeness (QED) is 0.140. The predicted molar refractivity (Wildman–Crippen MR) is 114 cm³/mol. The third kappa shape index (κ3) is 2.56. The lowest BCUT2D eigenvalue weighted by molar-refractivity contribution is 0.433. The van der Waals surface area contributed by atoms with E-state index in [1.807, 2.05) is 22.6 Å². The number of fused-ring (bicyclic) bond motifs is 3. The molecule has 0 aliphatic carbocycles. The standard InChI is InChI=1S/C18H11BINO5S/c19-8-3-7-9(4-11(8)22)21(6-1-12(23)16(20)13(24)2-6)10-5-14(25)18(27)17(26)15(7)10/h1-5,22-27H. The Morgan fingerprint density at radius 3 is 2.04 bits per heavy atom. The average molecular weight is 491 g/mol. The van der Waals surface area contributed by atoms with Gasteiger partial charge in [-0.15, -0.1) is 12.6 Å². The normalized spacial score (nSPS) is 11.5. The number of halogens is 1. The lowest BCUT2D eigenvalue weighted by Crippen LogP contribution is -2.02. The van der Waals surface area contributed by atoms with Crippen LogP contribution in [0.5, 0.6) is 28.7 Å². The van der Waals surface area contributed by atoms with Gasteiger partial charge in [-0.2, -0.15) is 0 Å². The van der Waals surface area contributed by atoms with Gasteiger partial charge in [0.1, 0.15) is 36.6 Å². The van der Waals surface area contributed by atoms with Gasteiger partial charge in [-0.3, -0.25) is 0 Å². The molecule has 4 aromatic rings. The van der Waals surface area contributed by atoms with Crippen LogP contribution in [0.25, 0.3) is 27.5 Å². The Hall–Kier alpha value is -2.40. The van der Waals surface area contributed by atoms with E-state index in [1.165, 1.54) is 30.3 Å². The van der Waals surface area contributed by atoms with E-state index in [1.54, 1.807) is 4.57 Å². The first-order valence-electron chi connectivity index (χ1n) is 7.63. The Morgan fingerprint density at radius 1 is 0.815 bits per heavy atom. The van der Waals surface area contributed by atoms with Crippen molar-refractivity contribution in [1.82, 2.24) is 4.57 Å². The molecule has 3 aromatic carbocycles. The third-order valence-electron chi connectivity index (χ3n) is 4.41. The zero-order chi connectivity index (χ0) is 19.6. The van der Waals surface area contributed by atoms with Crippen molar-refractivity contribution in [2.45, 2.75) is 4.90 Å². The molecule has 27 heavy (non-hydrogen) atoms. The highest BCUT2D eigenvalue weighted by atomic mass is 127. The van der Waals surface area contributed by atoms with Crippen molar-refractivity contribution in [2.24, 2.45) is 0 Å². The molecule has 2 radical (unpaired) electrons. The first-order valence-corrected chi connectivity index (χ1v) is 9.15. The van der Waals surface area contributed by atoms with E-state index in [-0.39, 0.29) is 42.7 Å². The topological polar surface area (TPSA) is 106 Å². The van der Waals surface area contributed by atoms with E-state index < -0.39 is 0 Å². The number of hydrogen-bond acceptors (Lipinski definition) is 6. The minimum atomic E-state index is -0.249. The van der Waals surface area contributed by atoms with Gasteiger partial charge in [0.15, 0.2) is 0 Å². The van der Waals surface area contributed by atoms with Gasteiger partial charge in [0, 0.05) is 29.7 Å². The highest BCUT2D eigenvalue weighted by molar-refractivity contribution is 14.1. The molecule has 0 unspecified atom stereocenters. The number of hydrogen-bond donors (Lipinski definition) is 6. The van der Waals surface area contributed by atoms with Gasteiger partial charge in [0.05, 0.1) is 30.6 Å². The Labute approximate surface area is 173 Å². The van der Waals surface area contributed by atoms with Crippen LogP contribution in [0.4, 0.5) is 0 Å². The van der Waals surface area contributed by atoms with Crippen LogP contribution in [0.2, 0.25) is 0 Å². The van der Waals surface area contributed by atoms with Crippen molar-refractivity contribution < 1.29 is 25.5 Å². The number of aromatic hydroxyl groups is 5. The van der Waals surface area contributed by atoms with Crippen LogP contribution in [0.3, 0.4) is 0 Å². The summed E-state index contributed by atoms with van der Waals surface area (Å²) in [6.07, 6.45) is 0. The fourth-order valence-electron chi connectivity index (χ4n) is 3.17.